The van der Waals surface area contributed by atoms with E-state index >= 15 is 0 Å². The maximum atomic E-state index is 12.0. The van der Waals surface area contributed by atoms with Crippen molar-refractivity contribution in [1.82, 2.24) is 10.4 Å². The topological polar surface area (TPSA) is 94.2 Å². The van der Waals surface area contributed by atoms with Gasteiger partial charge in [0.05, 0.1) is 18.6 Å². The second kappa shape index (κ2) is 49.4. The summed E-state index contributed by atoms with van der Waals surface area (Å²) in [5.41, 5.74) is 5.24. The summed E-state index contributed by atoms with van der Waals surface area (Å²) in [6.07, 6.45) is 15.9. The first kappa shape index (κ1) is 78.2. The Hall–Kier alpha value is -0.0181. The first-order valence-corrected chi connectivity index (χ1v) is 26.5. The molecule has 0 amide bonds. The number of carbonyl (C=O) groups excluding carboxylic acids is 3. The van der Waals surface area contributed by atoms with Gasteiger partial charge in [-0.3, -0.25) is 11.1 Å². The molecule has 0 aromatic heterocycles. The van der Waals surface area contributed by atoms with Crippen molar-refractivity contribution in [1.29, 1.82) is 0 Å². The van der Waals surface area contributed by atoms with E-state index in [9.17, 15) is 14.4 Å². The Balaban J connectivity index is -0.000000135. The van der Waals surface area contributed by atoms with E-state index in [0.717, 1.165) is 69.5 Å². The SMILES string of the molecule is CC.CC(C=O)CSC(C)(C)CC(C)(C)C.CC/C(=C/N(CC)NC)C(C)CC.CCCC(C)OCCOC(=O)C(C)CSC(C)(C)C(C)(C)C.CCCCC[C-]=O.[CH2-]CCOC.[U+2]. The van der Waals surface area contributed by atoms with Gasteiger partial charge in [-0.1, -0.05) is 163 Å². The number of carbonyl (C=O) groups is 2. The van der Waals surface area contributed by atoms with Crippen molar-refractivity contribution in [2.75, 3.05) is 52.0 Å². The summed E-state index contributed by atoms with van der Waals surface area (Å²) >= 11 is 3.75. The summed E-state index contributed by atoms with van der Waals surface area (Å²) < 4.78 is 15.9. The van der Waals surface area contributed by atoms with E-state index in [1.54, 1.807) is 7.11 Å². The minimum absolute atomic E-state index is 0. The fourth-order valence-electron chi connectivity index (χ4n) is 5.30. The van der Waals surface area contributed by atoms with Gasteiger partial charge < -0.3 is 35.7 Å². The summed E-state index contributed by atoms with van der Waals surface area (Å²) in [6.45, 7) is 51.8. The Morgan fingerprint density at radius 2 is 1.39 bits per heavy atom. The summed E-state index contributed by atoms with van der Waals surface area (Å²) in [4.78, 5) is 32.0. The van der Waals surface area contributed by atoms with Crippen LogP contribution in [0.1, 0.15) is 210 Å². The fourth-order valence-corrected chi connectivity index (χ4v) is 7.86. The molecule has 0 heterocycles. The third-order valence-electron chi connectivity index (χ3n) is 10.1. The van der Waals surface area contributed by atoms with Crippen molar-refractivity contribution in [3.8, 4) is 0 Å². The Labute approximate surface area is 433 Å². The molecule has 0 radical (unpaired) electrons. The fraction of sp³-hybridized carbons (Fsp3) is 0.887. The Morgan fingerprint density at radius 3 is 1.75 bits per heavy atom. The normalized spacial score (nSPS) is 13.3. The zero-order valence-corrected chi connectivity index (χ0v) is 52.5. The molecular weight excluding hydrogens is 1060 g/mol. The van der Waals surface area contributed by atoms with Crippen molar-refractivity contribution >= 4 is 42.1 Å². The van der Waals surface area contributed by atoms with Crippen LogP contribution >= 0.6 is 23.5 Å². The molecule has 0 spiro atoms. The van der Waals surface area contributed by atoms with Crippen LogP contribution in [-0.2, 0) is 28.6 Å². The van der Waals surface area contributed by atoms with Gasteiger partial charge in [0.25, 0.3) is 0 Å². The van der Waals surface area contributed by atoms with Gasteiger partial charge in [0.2, 0.25) is 0 Å². The van der Waals surface area contributed by atoms with Crippen molar-refractivity contribution in [3.63, 3.8) is 0 Å². The van der Waals surface area contributed by atoms with E-state index in [4.69, 9.17) is 9.47 Å². The van der Waals surface area contributed by atoms with E-state index in [1.165, 1.54) is 24.8 Å². The summed E-state index contributed by atoms with van der Waals surface area (Å²) in [5, 5.41) is 2.13. The number of hydrogen-bond acceptors (Lipinski definition) is 10. The van der Waals surface area contributed by atoms with Crippen LogP contribution in [0.3, 0.4) is 0 Å². The molecule has 4 unspecified atom stereocenters. The third-order valence-corrected chi connectivity index (χ3v) is 13.7. The molecule has 0 saturated heterocycles. The maximum Gasteiger partial charge on any atom is 2.00 e. The van der Waals surface area contributed by atoms with Crippen LogP contribution in [0.5, 0.6) is 0 Å². The second-order valence-corrected chi connectivity index (χ2v) is 22.7. The van der Waals surface area contributed by atoms with Crippen LogP contribution in [0.2, 0.25) is 0 Å². The quantitative estimate of drug-likeness (QED) is 0.0282. The van der Waals surface area contributed by atoms with Crippen LogP contribution in [0, 0.1) is 66.6 Å². The predicted octanol–water partition coefficient (Wildman–Crippen LogP) is 15.0. The van der Waals surface area contributed by atoms with Gasteiger partial charge in [-0.15, -0.1) is 0 Å². The number of nitrogens with one attached hydrogen (secondary N) is 1. The van der Waals surface area contributed by atoms with Crippen LogP contribution in [0.15, 0.2) is 11.8 Å². The third kappa shape index (κ3) is 54.6. The maximum absolute atomic E-state index is 12.0. The molecule has 8 nitrogen and oxygen atoms in total. The van der Waals surface area contributed by atoms with E-state index in [0.29, 0.717) is 31.0 Å². The van der Waals surface area contributed by atoms with Crippen molar-refractivity contribution in [3.05, 3.63) is 18.7 Å². The van der Waals surface area contributed by atoms with E-state index in [1.807, 2.05) is 64.6 Å². The van der Waals surface area contributed by atoms with E-state index in [-0.39, 0.29) is 69.9 Å². The summed E-state index contributed by atoms with van der Waals surface area (Å²) in [7, 11) is 3.63. The molecule has 0 fully saturated rings. The smallest absolute Gasteiger partial charge is 0.542 e. The van der Waals surface area contributed by atoms with Gasteiger partial charge in [-0.25, -0.2) is 5.43 Å². The van der Waals surface area contributed by atoms with Crippen molar-refractivity contribution < 1.29 is 59.7 Å². The van der Waals surface area contributed by atoms with Crippen LogP contribution in [0.4, 0.5) is 0 Å². The van der Waals surface area contributed by atoms with Gasteiger partial charge in [-0.05, 0) is 56.3 Å². The number of thioether (sulfide) groups is 2. The number of allylic oxidation sites excluding steroid dienone is 1. The molecule has 0 bridgehead atoms. The van der Waals surface area contributed by atoms with Gasteiger partial charge in [0, 0.05) is 60.4 Å². The van der Waals surface area contributed by atoms with E-state index < -0.39 is 0 Å². The number of unbranched alkanes of at least 4 members (excludes halogenated alkanes) is 3. The van der Waals surface area contributed by atoms with Crippen molar-refractivity contribution in [2.24, 2.45) is 28.6 Å². The number of esters is 1. The summed E-state index contributed by atoms with van der Waals surface area (Å²) in [6, 6.07) is 0. The van der Waals surface area contributed by atoms with Gasteiger partial charge in [-0.2, -0.15) is 36.4 Å². The van der Waals surface area contributed by atoms with Crippen LogP contribution < -0.4 is 5.43 Å². The number of nitrogens with zero attached hydrogens (tertiary/aromatic N) is 1. The second-order valence-electron chi connectivity index (χ2n) is 19.4. The minimum Gasteiger partial charge on any atom is -0.542 e. The molecule has 0 saturated carbocycles. The number of ether oxygens (including phenoxy) is 3. The molecule has 0 aliphatic carbocycles. The Bertz CT molecular complexity index is 1040. The first-order valence-electron chi connectivity index (χ1n) is 24.5. The van der Waals surface area contributed by atoms with Gasteiger partial charge in [0.1, 0.15) is 12.9 Å². The zero-order valence-electron chi connectivity index (χ0n) is 46.7. The molecule has 0 aliphatic rings. The van der Waals surface area contributed by atoms with Crippen LogP contribution in [0.25, 0.3) is 0 Å². The van der Waals surface area contributed by atoms with E-state index in [2.05, 4.69) is 146 Å². The standard InChI is InChI=1S/C18H36O3S.C12H24OS.C11H24N2.C6H11O.C4H9O.C2H6.U/c1-9-10-15(3)20-11-12-21-16(19)14(2)13-22-18(7,8)17(4,5)6;1-10(7-13)8-14-12(5,6)9-11(2,3)4;1-6-10(4)11(7-2)9-13(8-3)12-5;1-2-3-4-5-6-7;1-3-4-5-2;1-2;/h14-15H,9-13H2,1-8H3;7,10H,8-9H2,1-6H3;9-10,12H,6-8H2,1-5H3;2-5H2,1H3;1,3-4H2,2H3;1-2H3;/q;;;2*-1;;+2/b;;11-9-;;;;. The summed E-state index contributed by atoms with van der Waals surface area (Å²) in [5.74, 6) is 2.40. The first-order chi connectivity index (χ1) is 29.2. The van der Waals surface area contributed by atoms with Gasteiger partial charge in [0.15, 0.2) is 0 Å². The molecule has 0 aliphatic heterocycles. The molecule has 64 heavy (non-hydrogen) atoms. The monoisotopic (exact) mass is 1170 g/mol. The van der Waals surface area contributed by atoms with Crippen molar-refractivity contribution in [2.45, 2.75) is 225 Å². The molecule has 0 aromatic rings. The molecule has 0 rings (SSSR count). The number of methoxy groups -OCH3 is 1. The number of rotatable bonds is 27. The average Bonchev–Trinajstić information content (AvgIpc) is 3.21. The molecule has 384 valence electrons. The number of aldehydes is 1. The molecule has 11 heteroatoms. The molecular formula is C53H110N2O6S2U. The van der Waals surface area contributed by atoms with Gasteiger partial charge >= 0.3 is 37.1 Å². The largest absolute Gasteiger partial charge is 2.00 e. The molecule has 1 N–H and O–H groups in total. The Kier molecular flexibility index (Phi) is 60.3. The minimum atomic E-state index is -0.121. The molecule has 0 aromatic carbocycles. The molecule has 4 atom stereocenters. The Morgan fingerprint density at radius 1 is 0.828 bits per heavy atom. The van der Waals surface area contributed by atoms with Crippen LogP contribution in [-0.4, -0.2) is 91.2 Å². The zero-order chi connectivity index (χ0) is 50.7. The predicted molar refractivity (Wildman–Crippen MR) is 285 cm³/mol. The number of hydrogen-bond donors (Lipinski definition) is 1. The number of hydrazine groups is 1. The average molecular weight is 1170 g/mol.